The highest BCUT2D eigenvalue weighted by Gasteiger charge is 2.33. The lowest BCUT2D eigenvalue weighted by Gasteiger charge is -2.15. The number of likely N-dealkylation sites (tertiary alicyclic amines) is 1. The quantitative estimate of drug-likeness (QED) is 0.786. The van der Waals surface area contributed by atoms with Gasteiger partial charge in [-0.2, -0.15) is 0 Å². The van der Waals surface area contributed by atoms with E-state index >= 15 is 0 Å². The molecule has 1 aliphatic heterocycles. The van der Waals surface area contributed by atoms with Gasteiger partial charge in [0, 0.05) is 29.7 Å². The molecule has 2 fully saturated rings. The Balaban J connectivity index is 1.92. The third-order valence-electron chi connectivity index (χ3n) is 3.29. The summed E-state index contributed by atoms with van der Waals surface area (Å²) in [5.74, 6) is -0.195. The highest BCUT2D eigenvalue weighted by atomic mass is 79.9. The van der Waals surface area contributed by atoms with Crippen molar-refractivity contribution < 1.29 is 9.59 Å². The summed E-state index contributed by atoms with van der Waals surface area (Å²) in [4.78, 5) is 25.2. The number of imide groups is 1. The molecule has 0 N–H and O–H groups in total. The first-order valence-corrected chi connectivity index (χ1v) is 6.68. The topological polar surface area (TPSA) is 42.3 Å². The third kappa shape index (κ3) is 1.92. The first-order chi connectivity index (χ1) is 8.16. The Kier molecular flexibility index (Phi) is 2.58. The summed E-state index contributed by atoms with van der Waals surface area (Å²) < 4.78 is 2.90. The Bertz CT molecular complexity index is 491. The van der Waals surface area contributed by atoms with E-state index in [1.54, 1.807) is 0 Å². The van der Waals surface area contributed by atoms with Crippen LogP contribution in [0.15, 0.2) is 16.7 Å². The molecule has 17 heavy (non-hydrogen) atoms. The predicted molar refractivity (Wildman–Crippen MR) is 65.7 cm³/mol. The van der Waals surface area contributed by atoms with Crippen LogP contribution in [-0.2, 0) is 4.79 Å². The Hall–Kier alpha value is -1.10. The molecule has 0 aromatic carbocycles. The SMILES string of the molecule is O=C1CCCN1C(=O)c1cc(Br)cn1C1CC1. The largest absolute Gasteiger partial charge is 0.339 e. The summed E-state index contributed by atoms with van der Waals surface area (Å²) in [7, 11) is 0. The second-order valence-corrected chi connectivity index (χ2v) is 5.55. The second kappa shape index (κ2) is 3.98. The molecule has 2 heterocycles. The normalized spacial score (nSPS) is 20.1. The van der Waals surface area contributed by atoms with Crippen molar-refractivity contribution in [2.75, 3.05) is 6.54 Å². The fourth-order valence-electron chi connectivity index (χ4n) is 2.27. The average molecular weight is 297 g/mol. The number of hydrogen-bond donors (Lipinski definition) is 0. The molecule has 0 radical (unpaired) electrons. The summed E-state index contributed by atoms with van der Waals surface area (Å²) in [5.41, 5.74) is 0.634. The van der Waals surface area contributed by atoms with Gasteiger partial charge >= 0.3 is 0 Å². The van der Waals surface area contributed by atoms with Crippen LogP contribution in [0.4, 0.5) is 0 Å². The van der Waals surface area contributed by atoms with Crippen LogP contribution in [0.25, 0.3) is 0 Å². The van der Waals surface area contributed by atoms with Gasteiger partial charge in [-0.3, -0.25) is 14.5 Å². The van der Waals surface area contributed by atoms with Gasteiger partial charge in [0.25, 0.3) is 5.91 Å². The second-order valence-electron chi connectivity index (χ2n) is 4.64. The number of carbonyl (C=O) groups excluding carboxylic acids is 2. The van der Waals surface area contributed by atoms with E-state index < -0.39 is 0 Å². The standard InChI is InChI=1S/C12H13BrN2O2/c13-8-6-10(15(7-8)9-3-4-9)12(17)14-5-1-2-11(14)16/h6-7,9H,1-5H2. The van der Waals surface area contributed by atoms with Crippen LogP contribution < -0.4 is 0 Å². The molecule has 0 unspecified atom stereocenters. The van der Waals surface area contributed by atoms with Crippen molar-refractivity contribution in [3.05, 3.63) is 22.4 Å². The lowest BCUT2D eigenvalue weighted by atomic mass is 10.3. The van der Waals surface area contributed by atoms with Crippen LogP contribution in [0.1, 0.15) is 42.2 Å². The monoisotopic (exact) mass is 296 g/mol. The predicted octanol–water partition coefficient (Wildman–Crippen LogP) is 2.35. The number of amides is 2. The van der Waals surface area contributed by atoms with Crippen LogP contribution in [0, 0.1) is 0 Å². The summed E-state index contributed by atoms with van der Waals surface area (Å²) in [6.45, 7) is 0.561. The van der Waals surface area contributed by atoms with Crippen molar-refractivity contribution in [1.82, 2.24) is 9.47 Å². The summed E-state index contributed by atoms with van der Waals surface area (Å²) in [6.07, 6.45) is 5.46. The Morgan fingerprint density at radius 1 is 1.41 bits per heavy atom. The molecule has 1 saturated heterocycles. The fraction of sp³-hybridized carbons (Fsp3) is 0.500. The molecule has 0 bridgehead atoms. The maximum absolute atomic E-state index is 12.3. The van der Waals surface area contributed by atoms with Crippen LogP contribution in [0.5, 0.6) is 0 Å². The zero-order valence-electron chi connectivity index (χ0n) is 9.36. The Morgan fingerprint density at radius 2 is 2.18 bits per heavy atom. The van der Waals surface area contributed by atoms with E-state index in [-0.39, 0.29) is 11.8 Å². The molecule has 3 rings (SSSR count). The summed E-state index contributed by atoms with van der Waals surface area (Å²) in [6, 6.07) is 2.25. The first kappa shape index (κ1) is 11.0. The van der Waals surface area contributed by atoms with E-state index in [0.717, 1.165) is 23.7 Å². The molecule has 2 aliphatic rings. The maximum Gasteiger partial charge on any atom is 0.277 e. The summed E-state index contributed by atoms with van der Waals surface area (Å²) in [5, 5.41) is 0. The molecule has 1 aromatic heterocycles. The minimum atomic E-state index is -0.148. The molecule has 4 nitrogen and oxygen atoms in total. The van der Waals surface area contributed by atoms with E-state index in [1.165, 1.54) is 4.90 Å². The summed E-state index contributed by atoms with van der Waals surface area (Å²) >= 11 is 3.39. The van der Waals surface area contributed by atoms with Gasteiger partial charge in [0.1, 0.15) is 5.69 Å². The van der Waals surface area contributed by atoms with E-state index in [0.29, 0.717) is 24.7 Å². The van der Waals surface area contributed by atoms with Crippen LogP contribution >= 0.6 is 15.9 Å². The third-order valence-corrected chi connectivity index (χ3v) is 3.73. The number of nitrogens with zero attached hydrogens (tertiary/aromatic N) is 2. The van der Waals surface area contributed by atoms with Crippen molar-refractivity contribution in [3.8, 4) is 0 Å². The number of aromatic nitrogens is 1. The van der Waals surface area contributed by atoms with Crippen molar-refractivity contribution >= 4 is 27.7 Å². The van der Waals surface area contributed by atoms with Gasteiger partial charge < -0.3 is 4.57 Å². The minimum Gasteiger partial charge on any atom is -0.339 e. The van der Waals surface area contributed by atoms with Crippen LogP contribution in [0.2, 0.25) is 0 Å². The van der Waals surface area contributed by atoms with Gasteiger partial charge in [0.2, 0.25) is 5.91 Å². The van der Waals surface area contributed by atoms with E-state index in [1.807, 2.05) is 16.8 Å². The number of halogens is 1. The fourth-order valence-corrected chi connectivity index (χ4v) is 2.71. The smallest absolute Gasteiger partial charge is 0.277 e. The molecule has 5 heteroatoms. The lowest BCUT2D eigenvalue weighted by Crippen LogP contribution is -2.33. The van der Waals surface area contributed by atoms with E-state index in [2.05, 4.69) is 15.9 Å². The first-order valence-electron chi connectivity index (χ1n) is 5.89. The van der Waals surface area contributed by atoms with Gasteiger partial charge in [-0.25, -0.2) is 0 Å². The van der Waals surface area contributed by atoms with Crippen molar-refractivity contribution in [2.24, 2.45) is 0 Å². The Labute approximate surface area is 108 Å². The highest BCUT2D eigenvalue weighted by molar-refractivity contribution is 9.10. The number of rotatable bonds is 2. The molecule has 1 saturated carbocycles. The highest BCUT2D eigenvalue weighted by Crippen LogP contribution is 2.37. The maximum atomic E-state index is 12.3. The zero-order chi connectivity index (χ0) is 12.0. The van der Waals surface area contributed by atoms with E-state index in [4.69, 9.17) is 0 Å². The van der Waals surface area contributed by atoms with Gasteiger partial charge in [0.05, 0.1) is 0 Å². The van der Waals surface area contributed by atoms with Crippen molar-refractivity contribution in [3.63, 3.8) is 0 Å². The average Bonchev–Trinajstić information content (AvgIpc) is 2.94. The molecule has 1 aliphatic carbocycles. The minimum absolute atomic E-state index is 0.0466. The number of carbonyl (C=O) groups is 2. The molecule has 2 amide bonds. The Morgan fingerprint density at radius 3 is 2.76 bits per heavy atom. The van der Waals surface area contributed by atoms with E-state index in [9.17, 15) is 9.59 Å². The molecule has 90 valence electrons. The van der Waals surface area contributed by atoms with Gasteiger partial charge in [-0.05, 0) is 41.3 Å². The number of hydrogen-bond acceptors (Lipinski definition) is 2. The molecule has 0 spiro atoms. The lowest BCUT2D eigenvalue weighted by molar-refractivity contribution is -0.125. The van der Waals surface area contributed by atoms with Gasteiger partial charge in [-0.15, -0.1) is 0 Å². The van der Waals surface area contributed by atoms with Crippen LogP contribution in [-0.4, -0.2) is 27.8 Å². The molecular formula is C12H13BrN2O2. The molecular weight excluding hydrogens is 284 g/mol. The van der Waals surface area contributed by atoms with Crippen LogP contribution in [0.3, 0.4) is 0 Å². The molecule has 0 atom stereocenters. The zero-order valence-corrected chi connectivity index (χ0v) is 10.9. The van der Waals surface area contributed by atoms with Crippen molar-refractivity contribution in [1.29, 1.82) is 0 Å². The van der Waals surface area contributed by atoms with Crippen molar-refractivity contribution in [2.45, 2.75) is 31.7 Å². The van der Waals surface area contributed by atoms with Gasteiger partial charge in [-0.1, -0.05) is 0 Å². The van der Waals surface area contributed by atoms with Gasteiger partial charge in [0.15, 0.2) is 0 Å². The molecule has 1 aromatic rings.